The number of carbonyl (C=O) groups excluding carboxylic acids is 1. The Labute approximate surface area is 156 Å². The summed E-state index contributed by atoms with van der Waals surface area (Å²) in [5.41, 5.74) is 1.25. The summed E-state index contributed by atoms with van der Waals surface area (Å²) in [5.74, 6) is 0.287. The molecule has 1 N–H and O–H groups in total. The van der Waals surface area contributed by atoms with E-state index in [4.69, 9.17) is 0 Å². The van der Waals surface area contributed by atoms with Gasteiger partial charge in [0.2, 0.25) is 5.91 Å². The lowest BCUT2D eigenvalue weighted by molar-refractivity contribution is -0.132. The molecule has 134 valence electrons. The number of nitrogens with one attached hydrogen (secondary N) is 1. The number of nitrogens with zero attached hydrogens (tertiary/aromatic N) is 1. The molecule has 2 aromatic rings. The van der Waals surface area contributed by atoms with Gasteiger partial charge in [-0.25, -0.2) is 0 Å². The summed E-state index contributed by atoms with van der Waals surface area (Å²) in [4.78, 5) is 14.6. The monoisotopic (exact) mass is 358 g/mol. The summed E-state index contributed by atoms with van der Waals surface area (Å²) >= 11 is 0. The summed E-state index contributed by atoms with van der Waals surface area (Å²) in [5, 5.41) is 6.17. The highest BCUT2D eigenvalue weighted by molar-refractivity contribution is 5.85. The van der Waals surface area contributed by atoms with E-state index in [-0.39, 0.29) is 18.3 Å². The van der Waals surface area contributed by atoms with Crippen molar-refractivity contribution in [1.29, 1.82) is 0 Å². The van der Waals surface area contributed by atoms with Crippen LogP contribution in [-0.4, -0.2) is 36.0 Å². The lowest BCUT2D eigenvalue weighted by Gasteiger charge is -2.35. The normalized spacial score (nSPS) is 24.8. The smallest absolute Gasteiger partial charge is 0.222 e. The maximum atomic E-state index is 12.6. The largest absolute Gasteiger partial charge is 0.343 e. The first-order chi connectivity index (χ1) is 11.7. The van der Waals surface area contributed by atoms with Gasteiger partial charge in [-0.3, -0.25) is 4.79 Å². The zero-order chi connectivity index (χ0) is 16.5. The van der Waals surface area contributed by atoms with Crippen LogP contribution in [0.2, 0.25) is 0 Å². The third kappa shape index (κ3) is 3.99. The first-order valence-electron chi connectivity index (χ1n) is 9.18. The Balaban J connectivity index is 0.00000182. The van der Waals surface area contributed by atoms with E-state index in [1.54, 1.807) is 0 Å². The van der Waals surface area contributed by atoms with Crippen LogP contribution in [0.4, 0.5) is 0 Å². The van der Waals surface area contributed by atoms with E-state index < -0.39 is 0 Å². The average molecular weight is 359 g/mol. The van der Waals surface area contributed by atoms with Crippen molar-refractivity contribution < 1.29 is 4.79 Å². The van der Waals surface area contributed by atoms with Gasteiger partial charge in [0.05, 0.1) is 0 Å². The number of carbonyl (C=O) groups is 1. The minimum atomic E-state index is 0. The summed E-state index contributed by atoms with van der Waals surface area (Å²) in [6.45, 7) is 0. The molecule has 1 amide bonds. The van der Waals surface area contributed by atoms with Crippen LogP contribution in [-0.2, 0) is 11.2 Å². The van der Waals surface area contributed by atoms with Gasteiger partial charge in [-0.05, 0) is 48.4 Å². The molecular formula is C21H27ClN2O. The Kier molecular flexibility index (Phi) is 5.65. The number of aryl methyl sites for hydroxylation is 1. The van der Waals surface area contributed by atoms with E-state index in [1.807, 2.05) is 11.9 Å². The molecule has 0 aromatic heterocycles. The highest BCUT2D eigenvalue weighted by Gasteiger charge is 2.36. The molecule has 4 heteroatoms. The van der Waals surface area contributed by atoms with Gasteiger partial charge in [0.15, 0.2) is 0 Å². The average Bonchev–Trinajstić information content (AvgIpc) is 2.96. The summed E-state index contributed by atoms with van der Waals surface area (Å²) in [6, 6.07) is 16.6. The summed E-state index contributed by atoms with van der Waals surface area (Å²) in [7, 11) is 2.00. The Morgan fingerprint density at radius 1 is 1.08 bits per heavy atom. The van der Waals surface area contributed by atoms with Gasteiger partial charge in [0.25, 0.3) is 0 Å². The molecule has 2 aliphatic rings. The Morgan fingerprint density at radius 3 is 2.48 bits per heavy atom. The highest BCUT2D eigenvalue weighted by Crippen LogP contribution is 2.29. The standard InChI is InChI=1S/C21H26N2O.ClH/c1-23(20-13-18-9-10-19(14-20)22-18)21(24)11-7-15-6-8-16-4-2-3-5-17(16)12-15;/h2-6,8,12,18-20,22H,7,9-11,13-14H2,1H3;1H. The number of amides is 1. The Bertz CT molecular complexity index is 736. The zero-order valence-corrected chi connectivity index (χ0v) is 15.6. The molecule has 3 nitrogen and oxygen atoms in total. The van der Waals surface area contributed by atoms with Gasteiger partial charge in [-0.1, -0.05) is 42.5 Å². The van der Waals surface area contributed by atoms with Gasteiger partial charge in [-0.15, -0.1) is 12.4 Å². The minimum Gasteiger partial charge on any atom is -0.343 e. The van der Waals surface area contributed by atoms with Crippen molar-refractivity contribution in [2.24, 2.45) is 0 Å². The molecule has 0 aliphatic carbocycles. The first kappa shape index (κ1) is 18.2. The van der Waals surface area contributed by atoms with Crippen LogP contribution < -0.4 is 5.32 Å². The maximum Gasteiger partial charge on any atom is 0.222 e. The van der Waals surface area contributed by atoms with Gasteiger partial charge >= 0.3 is 0 Å². The molecular weight excluding hydrogens is 332 g/mol. The van der Waals surface area contributed by atoms with Crippen molar-refractivity contribution >= 4 is 29.1 Å². The molecule has 2 bridgehead atoms. The third-order valence-corrected chi connectivity index (χ3v) is 5.83. The second kappa shape index (κ2) is 7.76. The highest BCUT2D eigenvalue weighted by atomic mass is 35.5. The van der Waals surface area contributed by atoms with Crippen molar-refractivity contribution in [3.8, 4) is 0 Å². The molecule has 2 saturated heterocycles. The van der Waals surface area contributed by atoms with Crippen molar-refractivity contribution in [3.05, 3.63) is 48.0 Å². The number of hydrogen-bond acceptors (Lipinski definition) is 2. The number of rotatable bonds is 4. The second-order valence-electron chi connectivity index (χ2n) is 7.45. The quantitative estimate of drug-likeness (QED) is 0.897. The van der Waals surface area contributed by atoms with Crippen LogP contribution in [0.3, 0.4) is 0 Å². The molecule has 25 heavy (non-hydrogen) atoms. The molecule has 2 aliphatic heterocycles. The van der Waals surface area contributed by atoms with Gasteiger partial charge in [-0.2, -0.15) is 0 Å². The van der Waals surface area contributed by atoms with Gasteiger partial charge in [0, 0.05) is 31.6 Å². The number of hydrogen-bond donors (Lipinski definition) is 1. The molecule has 0 saturated carbocycles. The summed E-state index contributed by atoms with van der Waals surface area (Å²) in [6.07, 6.45) is 6.23. The first-order valence-corrected chi connectivity index (χ1v) is 9.18. The Morgan fingerprint density at radius 2 is 1.76 bits per heavy atom. The topological polar surface area (TPSA) is 32.3 Å². The van der Waals surface area contributed by atoms with Crippen LogP contribution in [0.25, 0.3) is 10.8 Å². The summed E-state index contributed by atoms with van der Waals surface area (Å²) < 4.78 is 0. The lowest BCUT2D eigenvalue weighted by atomic mass is 9.98. The number of benzene rings is 2. The molecule has 0 radical (unpaired) electrons. The van der Waals surface area contributed by atoms with E-state index in [0.29, 0.717) is 24.5 Å². The van der Waals surface area contributed by atoms with Crippen molar-refractivity contribution in [1.82, 2.24) is 10.2 Å². The van der Waals surface area contributed by atoms with Crippen LogP contribution in [0.1, 0.15) is 37.7 Å². The molecule has 2 aromatic carbocycles. The Hall–Kier alpha value is -1.58. The molecule has 2 heterocycles. The van der Waals surface area contributed by atoms with Gasteiger partial charge < -0.3 is 10.2 Å². The van der Waals surface area contributed by atoms with E-state index in [1.165, 1.54) is 29.2 Å². The molecule has 2 unspecified atom stereocenters. The molecule has 0 spiro atoms. The fraction of sp³-hybridized carbons (Fsp3) is 0.476. The number of fused-ring (bicyclic) bond motifs is 3. The number of piperidine rings is 1. The number of halogens is 1. The van der Waals surface area contributed by atoms with Crippen molar-refractivity contribution in [2.45, 2.75) is 56.7 Å². The minimum absolute atomic E-state index is 0. The SMILES string of the molecule is CN(C(=O)CCc1ccc2ccccc2c1)C1CC2CCC(C1)N2.Cl. The molecule has 2 fully saturated rings. The fourth-order valence-electron chi connectivity index (χ4n) is 4.37. The molecule has 2 atom stereocenters. The zero-order valence-electron chi connectivity index (χ0n) is 14.8. The second-order valence-corrected chi connectivity index (χ2v) is 7.45. The van der Waals surface area contributed by atoms with Crippen LogP contribution in [0.5, 0.6) is 0 Å². The van der Waals surface area contributed by atoms with Crippen molar-refractivity contribution in [3.63, 3.8) is 0 Å². The molecule has 4 rings (SSSR count). The predicted octanol–water partition coefficient (Wildman–Crippen LogP) is 3.94. The van der Waals surface area contributed by atoms with E-state index in [2.05, 4.69) is 47.8 Å². The van der Waals surface area contributed by atoms with Crippen LogP contribution in [0.15, 0.2) is 42.5 Å². The fourth-order valence-corrected chi connectivity index (χ4v) is 4.37. The van der Waals surface area contributed by atoms with E-state index in [0.717, 1.165) is 19.3 Å². The van der Waals surface area contributed by atoms with Crippen molar-refractivity contribution in [2.75, 3.05) is 7.05 Å². The van der Waals surface area contributed by atoms with E-state index in [9.17, 15) is 4.79 Å². The van der Waals surface area contributed by atoms with E-state index >= 15 is 0 Å². The maximum absolute atomic E-state index is 12.6. The van der Waals surface area contributed by atoms with Gasteiger partial charge in [0.1, 0.15) is 0 Å². The van der Waals surface area contributed by atoms with Crippen LogP contribution in [0, 0.1) is 0 Å². The third-order valence-electron chi connectivity index (χ3n) is 5.83. The van der Waals surface area contributed by atoms with Crippen LogP contribution >= 0.6 is 12.4 Å². The predicted molar refractivity (Wildman–Crippen MR) is 105 cm³/mol. The lowest BCUT2D eigenvalue weighted by Crippen LogP contribution is -2.48.